The fourth-order valence-corrected chi connectivity index (χ4v) is 7.23. The van der Waals surface area contributed by atoms with Crippen molar-refractivity contribution < 1.29 is 41.1 Å². The van der Waals surface area contributed by atoms with Gasteiger partial charge in [0, 0.05) is 31.5 Å². The Morgan fingerprint density at radius 3 is 2.10 bits per heavy atom. The molecule has 2 aromatic rings. The van der Waals surface area contributed by atoms with E-state index in [2.05, 4.69) is 5.32 Å². The van der Waals surface area contributed by atoms with Crippen LogP contribution < -0.4 is 14.4 Å². The lowest BCUT2D eigenvalue weighted by Gasteiger charge is -2.40. The fraction of sp³-hybridized carbons (Fsp3) is 0.444. The van der Waals surface area contributed by atoms with Crippen LogP contribution in [0.4, 0.5) is 19.3 Å². The number of rotatable bonds is 9. The number of carbonyl (C=O) groups is 3. The molecule has 1 saturated heterocycles. The van der Waals surface area contributed by atoms with Gasteiger partial charge >= 0.3 is 12.1 Å². The highest BCUT2D eigenvalue weighted by atomic mass is 32.2. The largest absolute Gasteiger partial charge is 0.461 e. The summed E-state index contributed by atoms with van der Waals surface area (Å²) in [7, 11) is -2.07. The van der Waals surface area contributed by atoms with E-state index in [4.69, 9.17) is 9.47 Å². The van der Waals surface area contributed by atoms with Gasteiger partial charge in [-0.15, -0.1) is 11.8 Å². The summed E-state index contributed by atoms with van der Waals surface area (Å²) in [6.07, 6.45) is -1.44. The van der Waals surface area contributed by atoms with Crippen LogP contribution in [0.25, 0.3) is 0 Å². The highest BCUT2D eigenvalue weighted by Gasteiger charge is 2.57. The predicted molar refractivity (Wildman–Crippen MR) is 150 cm³/mol. The number of ketones is 1. The van der Waals surface area contributed by atoms with Gasteiger partial charge in [0.25, 0.3) is 10.0 Å². The zero-order chi connectivity index (χ0) is 30.9. The van der Waals surface area contributed by atoms with Crippen LogP contribution in [-0.4, -0.2) is 73.6 Å². The number of thioether (sulfide) groups is 1. The molecule has 2 atom stereocenters. The zero-order valence-electron chi connectivity index (χ0n) is 23.7. The second-order valence-corrected chi connectivity index (χ2v) is 13.6. The SMILES string of the molecule is CC(C)OC(=O)[C@@](C)(C(=O)[C@H]1NC(C)(C)CS1)N(c1ccc(OC(=O)N(C)C)cc1)S(=O)(=O)c1cc(F)cc(F)c1. The molecule has 2 aromatic carbocycles. The van der Waals surface area contributed by atoms with Crippen molar-refractivity contribution >= 4 is 45.3 Å². The molecule has 10 nitrogen and oxygen atoms in total. The van der Waals surface area contributed by atoms with E-state index in [-0.39, 0.29) is 11.4 Å². The molecular formula is C27H33F2N3O7S2. The Labute approximate surface area is 242 Å². The average molecular weight is 614 g/mol. The van der Waals surface area contributed by atoms with Crippen LogP contribution in [0.3, 0.4) is 0 Å². The molecule has 41 heavy (non-hydrogen) atoms. The van der Waals surface area contributed by atoms with Gasteiger partial charge in [0.05, 0.1) is 16.7 Å². The van der Waals surface area contributed by atoms with Gasteiger partial charge in [-0.3, -0.25) is 10.1 Å². The minimum absolute atomic E-state index is 0.0362. The summed E-state index contributed by atoms with van der Waals surface area (Å²) in [6.45, 7) is 7.84. The Morgan fingerprint density at radius 2 is 1.63 bits per heavy atom. The summed E-state index contributed by atoms with van der Waals surface area (Å²) >= 11 is 1.18. The molecule has 1 fully saturated rings. The van der Waals surface area contributed by atoms with E-state index in [1.54, 1.807) is 0 Å². The monoisotopic (exact) mass is 613 g/mol. The number of hydrogen-bond acceptors (Lipinski definition) is 9. The number of nitrogens with one attached hydrogen (secondary N) is 1. The zero-order valence-corrected chi connectivity index (χ0v) is 25.4. The van der Waals surface area contributed by atoms with Crippen LogP contribution in [0, 0.1) is 11.6 Å². The third kappa shape index (κ3) is 6.99. The maximum Gasteiger partial charge on any atom is 0.414 e. The van der Waals surface area contributed by atoms with Gasteiger partial charge < -0.3 is 14.4 Å². The number of ether oxygens (including phenoxy) is 2. The number of nitrogens with zero attached hydrogens (tertiary/aromatic N) is 2. The van der Waals surface area contributed by atoms with Crippen LogP contribution >= 0.6 is 11.8 Å². The maximum absolute atomic E-state index is 14.2. The number of amides is 1. The van der Waals surface area contributed by atoms with Crippen LogP contribution in [0.1, 0.15) is 34.6 Å². The summed E-state index contributed by atoms with van der Waals surface area (Å²) in [4.78, 5) is 40.3. The Balaban J connectivity index is 2.28. The summed E-state index contributed by atoms with van der Waals surface area (Å²) in [5.74, 6) is -3.87. The van der Waals surface area contributed by atoms with Gasteiger partial charge in [-0.05, 0) is 71.0 Å². The van der Waals surface area contributed by atoms with Gasteiger partial charge in [-0.25, -0.2) is 31.1 Å². The fourth-order valence-electron chi connectivity index (χ4n) is 4.00. The van der Waals surface area contributed by atoms with Crippen molar-refractivity contribution in [1.29, 1.82) is 0 Å². The van der Waals surface area contributed by atoms with Crippen molar-refractivity contribution in [3.8, 4) is 5.75 Å². The van der Waals surface area contributed by atoms with Gasteiger partial charge in [0.2, 0.25) is 5.54 Å². The second kappa shape index (κ2) is 11.9. The topological polar surface area (TPSA) is 122 Å². The molecule has 0 bridgehead atoms. The number of esters is 1. The number of benzene rings is 2. The lowest BCUT2D eigenvalue weighted by Crippen LogP contribution is -2.65. The summed E-state index contributed by atoms with van der Waals surface area (Å²) < 4.78 is 67.9. The summed E-state index contributed by atoms with van der Waals surface area (Å²) in [6, 6.07) is 6.60. The van der Waals surface area contributed by atoms with Crippen LogP contribution in [0.15, 0.2) is 47.4 Å². The third-order valence-corrected chi connectivity index (χ3v) is 9.45. The molecule has 0 aliphatic carbocycles. The number of carbonyl (C=O) groups excluding carboxylic acids is 3. The smallest absolute Gasteiger partial charge is 0.414 e. The quantitative estimate of drug-likeness (QED) is 0.331. The molecule has 0 spiro atoms. The number of halogens is 2. The van der Waals surface area contributed by atoms with E-state index < -0.39 is 67.0 Å². The number of sulfonamides is 1. The van der Waals surface area contributed by atoms with Crippen LogP contribution in [-0.2, 0) is 24.3 Å². The summed E-state index contributed by atoms with van der Waals surface area (Å²) in [5.41, 5.74) is -3.28. The number of hydrogen-bond donors (Lipinski definition) is 1. The van der Waals surface area contributed by atoms with Crippen molar-refractivity contribution in [3.63, 3.8) is 0 Å². The summed E-state index contributed by atoms with van der Waals surface area (Å²) in [5, 5.41) is 2.09. The van der Waals surface area contributed by atoms with E-state index in [1.807, 2.05) is 13.8 Å². The molecule has 224 valence electrons. The molecule has 0 unspecified atom stereocenters. The van der Waals surface area contributed by atoms with Crippen LogP contribution in [0.5, 0.6) is 5.75 Å². The van der Waals surface area contributed by atoms with E-state index in [9.17, 15) is 31.6 Å². The van der Waals surface area contributed by atoms with Crippen molar-refractivity contribution in [2.24, 2.45) is 0 Å². The maximum atomic E-state index is 14.2. The predicted octanol–water partition coefficient (Wildman–Crippen LogP) is 3.94. The highest BCUT2D eigenvalue weighted by Crippen LogP contribution is 2.38. The van der Waals surface area contributed by atoms with Gasteiger partial charge in [-0.1, -0.05) is 0 Å². The standard InChI is InChI=1S/C27H33F2N3O7S2/c1-16(2)38-24(34)27(5,22(33)23-30-26(3,4)15-40-23)32(41(36,37)21-13-17(28)12-18(29)14-21)19-8-10-20(11-9-19)39-25(35)31(6)7/h8-14,16,23,30H,15H2,1-7H3/t23-,27+/m0/s1. The molecular weight excluding hydrogens is 580 g/mol. The Morgan fingerprint density at radius 1 is 1.07 bits per heavy atom. The Hall–Kier alpha value is -3.23. The van der Waals surface area contributed by atoms with Crippen molar-refractivity contribution in [1.82, 2.24) is 10.2 Å². The lowest BCUT2D eigenvalue weighted by molar-refractivity contribution is -0.156. The van der Waals surface area contributed by atoms with Gasteiger partial charge in [0.1, 0.15) is 22.8 Å². The van der Waals surface area contributed by atoms with E-state index >= 15 is 0 Å². The minimum atomic E-state index is -5.01. The lowest BCUT2D eigenvalue weighted by atomic mass is 9.94. The first-order valence-electron chi connectivity index (χ1n) is 12.5. The van der Waals surface area contributed by atoms with Crippen molar-refractivity contribution in [2.45, 2.75) is 62.1 Å². The molecule has 0 aromatic heterocycles. The Kier molecular flexibility index (Phi) is 9.40. The first-order chi connectivity index (χ1) is 18.9. The van der Waals surface area contributed by atoms with Crippen LogP contribution in [0.2, 0.25) is 0 Å². The van der Waals surface area contributed by atoms with E-state index in [1.165, 1.54) is 68.9 Å². The van der Waals surface area contributed by atoms with Crippen molar-refractivity contribution in [2.75, 3.05) is 24.2 Å². The Bertz CT molecular complexity index is 1410. The molecule has 14 heteroatoms. The molecule has 0 saturated carbocycles. The molecule has 1 N–H and O–H groups in total. The second-order valence-electron chi connectivity index (χ2n) is 10.7. The molecule has 1 amide bonds. The molecule has 0 radical (unpaired) electrons. The average Bonchev–Trinajstić information content (AvgIpc) is 3.22. The van der Waals surface area contributed by atoms with Gasteiger partial charge in [-0.2, -0.15) is 0 Å². The van der Waals surface area contributed by atoms with Crippen molar-refractivity contribution in [3.05, 3.63) is 54.1 Å². The molecule has 1 aliphatic heterocycles. The van der Waals surface area contributed by atoms with E-state index in [0.717, 1.165) is 6.92 Å². The number of Topliss-reactive ketones (excluding diaryl/α,β-unsaturated/α-hetero) is 1. The molecule has 3 rings (SSSR count). The highest BCUT2D eigenvalue weighted by molar-refractivity contribution is 8.01. The first kappa shape index (κ1) is 32.3. The minimum Gasteiger partial charge on any atom is -0.461 e. The third-order valence-electron chi connectivity index (χ3n) is 6.01. The normalized spacial score (nSPS) is 18.0. The molecule has 1 heterocycles. The number of anilines is 1. The first-order valence-corrected chi connectivity index (χ1v) is 15.0. The molecule has 1 aliphatic rings. The van der Waals surface area contributed by atoms with E-state index in [0.29, 0.717) is 28.3 Å². The van der Waals surface area contributed by atoms with Gasteiger partial charge in [0.15, 0.2) is 5.78 Å².